The number of ether oxygens (including phenoxy) is 1. The zero-order chi connectivity index (χ0) is 15.2. The van der Waals surface area contributed by atoms with Crippen molar-refractivity contribution in [1.82, 2.24) is 9.97 Å². The van der Waals surface area contributed by atoms with E-state index in [0.717, 1.165) is 22.8 Å². The maximum Gasteiger partial charge on any atom is 0.225 e. The summed E-state index contributed by atoms with van der Waals surface area (Å²) in [4.78, 5) is 8.87. The maximum atomic E-state index is 5.15. The molecular weight excluding hydrogens is 264 g/mol. The number of hydrogen-bond acceptors (Lipinski definition) is 5. The molecule has 5 nitrogen and oxygen atoms in total. The number of hydrogen-bond donors (Lipinski definition) is 2. The van der Waals surface area contributed by atoms with Gasteiger partial charge in [-0.2, -0.15) is 4.98 Å². The Hall–Kier alpha value is -2.30. The predicted molar refractivity (Wildman–Crippen MR) is 85.8 cm³/mol. The van der Waals surface area contributed by atoms with Crippen LogP contribution in [0.15, 0.2) is 30.3 Å². The molecule has 0 saturated carbocycles. The second kappa shape index (κ2) is 6.92. The van der Waals surface area contributed by atoms with E-state index >= 15 is 0 Å². The van der Waals surface area contributed by atoms with Gasteiger partial charge in [-0.25, -0.2) is 4.98 Å². The number of rotatable bonds is 6. The Morgan fingerprint density at radius 2 is 1.86 bits per heavy atom. The molecule has 0 bridgehead atoms. The number of aromatic nitrogens is 2. The first kappa shape index (κ1) is 15.1. The van der Waals surface area contributed by atoms with E-state index in [0.29, 0.717) is 18.5 Å². The molecular formula is C16H22N4O. The van der Waals surface area contributed by atoms with Crippen molar-refractivity contribution in [3.05, 3.63) is 41.6 Å². The van der Waals surface area contributed by atoms with E-state index in [4.69, 9.17) is 4.74 Å². The fourth-order valence-corrected chi connectivity index (χ4v) is 1.94. The van der Waals surface area contributed by atoms with Gasteiger partial charge in [0.25, 0.3) is 0 Å². The molecule has 0 aliphatic rings. The summed E-state index contributed by atoms with van der Waals surface area (Å²) in [5.74, 6) is 2.33. The highest BCUT2D eigenvalue weighted by Crippen LogP contribution is 2.14. The zero-order valence-corrected chi connectivity index (χ0v) is 13.0. The Labute approximate surface area is 125 Å². The summed E-state index contributed by atoms with van der Waals surface area (Å²) in [6.45, 7) is 6.81. The number of benzene rings is 1. The summed E-state index contributed by atoms with van der Waals surface area (Å²) in [5.41, 5.74) is 2.09. The van der Waals surface area contributed by atoms with Gasteiger partial charge in [0.2, 0.25) is 5.95 Å². The number of aryl methyl sites for hydroxylation is 1. The minimum absolute atomic E-state index is 0.341. The van der Waals surface area contributed by atoms with Gasteiger partial charge >= 0.3 is 0 Å². The summed E-state index contributed by atoms with van der Waals surface area (Å²) >= 11 is 0. The molecule has 0 aliphatic carbocycles. The van der Waals surface area contributed by atoms with Crippen LogP contribution in [-0.2, 0) is 6.54 Å². The molecule has 1 heterocycles. The Morgan fingerprint density at radius 3 is 2.48 bits per heavy atom. The van der Waals surface area contributed by atoms with Crippen LogP contribution in [0, 0.1) is 6.92 Å². The maximum absolute atomic E-state index is 5.15. The molecule has 5 heteroatoms. The molecule has 0 amide bonds. The molecule has 112 valence electrons. The Balaban J connectivity index is 2.03. The molecule has 0 atom stereocenters. The van der Waals surface area contributed by atoms with Crippen LogP contribution in [-0.4, -0.2) is 23.1 Å². The summed E-state index contributed by atoms with van der Waals surface area (Å²) in [6, 6.07) is 10.2. The van der Waals surface area contributed by atoms with Crippen LogP contribution in [0.3, 0.4) is 0 Å². The smallest absolute Gasteiger partial charge is 0.225 e. The molecule has 1 aromatic heterocycles. The normalized spacial score (nSPS) is 10.5. The quantitative estimate of drug-likeness (QED) is 0.854. The van der Waals surface area contributed by atoms with Crippen molar-refractivity contribution in [2.45, 2.75) is 33.4 Å². The lowest BCUT2D eigenvalue weighted by atomic mass is 10.2. The number of methoxy groups -OCH3 is 1. The molecule has 2 aromatic rings. The molecule has 0 fully saturated rings. The number of nitrogens with zero attached hydrogens (tertiary/aromatic N) is 2. The first-order valence-corrected chi connectivity index (χ1v) is 7.06. The van der Waals surface area contributed by atoms with Gasteiger partial charge in [-0.1, -0.05) is 12.1 Å². The van der Waals surface area contributed by atoms with E-state index in [1.165, 1.54) is 0 Å². The lowest BCUT2D eigenvalue weighted by molar-refractivity contribution is 0.414. The van der Waals surface area contributed by atoms with Crippen LogP contribution >= 0.6 is 0 Å². The molecule has 0 radical (unpaired) electrons. The van der Waals surface area contributed by atoms with Crippen LogP contribution in [0.25, 0.3) is 0 Å². The second-order valence-corrected chi connectivity index (χ2v) is 5.22. The van der Waals surface area contributed by atoms with Crippen LogP contribution in [0.4, 0.5) is 11.8 Å². The monoisotopic (exact) mass is 286 g/mol. The largest absolute Gasteiger partial charge is 0.497 e. The molecule has 1 aromatic carbocycles. The van der Waals surface area contributed by atoms with Crippen molar-refractivity contribution < 1.29 is 4.74 Å². The third-order valence-electron chi connectivity index (χ3n) is 2.90. The third kappa shape index (κ3) is 4.63. The SMILES string of the molecule is COc1ccc(CNc2nc(C)cc(NC(C)C)n2)cc1. The van der Waals surface area contributed by atoms with Crippen molar-refractivity contribution in [3.8, 4) is 5.75 Å². The molecule has 0 unspecified atom stereocenters. The van der Waals surface area contributed by atoms with Crippen LogP contribution in [0.5, 0.6) is 5.75 Å². The fraction of sp³-hybridized carbons (Fsp3) is 0.375. The molecule has 2 rings (SSSR count). The van der Waals surface area contributed by atoms with Gasteiger partial charge in [0.1, 0.15) is 11.6 Å². The van der Waals surface area contributed by atoms with Crippen molar-refractivity contribution >= 4 is 11.8 Å². The molecule has 0 spiro atoms. The van der Waals surface area contributed by atoms with Crippen LogP contribution in [0.2, 0.25) is 0 Å². The Bertz CT molecular complexity index is 581. The van der Waals surface area contributed by atoms with Gasteiger partial charge in [-0.3, -0.25) is 0 Å². The van der Waals surface area contributed by atoms with Crippen molar-refractivity contribution in [2.24, 2.45) is 0 Å². The minimum Gasteiger partial charge on any atom is -0.497 e. The van der Waals surface area contributed by atoms with Crippen LogP contribution in [0.1, 0.15) is 25.1 Å². The minimum atomic E-state index is 0.341. The molecule has 2 N–H and O–H groups in total. The Morgan fingerprint density at radius 1 is 1.14 bits per heavy atom. The van der Waals surface area contributed by atoms with Gasteiger partial charge < -0.3 is 15.4 Å². The number of anilines is 2. The third-order valence-corrected chi connectivity index (χ3v) is 2.90. The highest BCUT2D eigenvalue weighted by molar-refractivity contribution is 5.43. The molecule has 21 heavy (non-hydrogen) atoms. The predicted octanol–water partition coefficient (Wildman–Crippen LogP) is 3.23. The van der Waals surface area contributed by atoms with Crippen LogP contribution < -0.4 is 15.4 Å². The van der Waals surface area contributed by atoms with Crippen molar-refractivity contribution in [2.75, 3.05) is 17.7 Å². The summed E-state index contributed by atoms with van der Waals surface area (Å²) in [6.07, 6.45) is 0. The van der Waals surface area contributed by atoms with E-state index in [1.54, 1.807) is 7.11 Å². The average Bonchev–Trinajstić information content (AvgIpc) is 2.44. The van der Waals surface area contributed by atoms with E-state index in [1.807, 2.05) is 37.3 Å². The van der Waals surface area contributed by atoms with Gasteiger partial charge in [-0.15, -0.1) is 0 Å². The molecule has 0 aliphatic heterocycles. The lowest BCUT2D eigenvalue weighted by Crippen LogP contribution is -2.13. The van der Waals surface area contributed by atoms with E-state index in [2.05, 4.69) is 34.4 Å². The van der Waals surface area contributed by atoms with Gasteiger partial charge in [-0.05, 0) is 38.5 Å². The highest BCUT2D eigenvalue weighted by atomic mass is 16.5. The summed E-state index contributed by atoms with van der Waals surface area (Å²) < 4.78 is 5.15. The standard InChI is InChI=1S/C16H22N4O/c1-11(2)18-15-9-12(3)19-16(20-15)17-10-13-5-7-14(21-4)8-6-13/h5-9,11H,10H2,1-4H3,(H2,17,18,19,20). The summed E-state index contributed by atoms with van der Waals surface area (Å²) in [7, 11) is 1.66. The van der Waals surface area contributed by atoms with E-state index in [9.17, 15) is 0 Å². The van der Waals surface area contributed by atoms with Crippen molar-refractivity contribution in [3.63, 3.8) is 0 Å². The molecule has 0 saturated heterocycles. The van der Waals surface area contributed by atoms with Gasteiger partial charge in [0.15, 0.2) is 0 Å². The fourth-order valence-electron chi connectivity index (χ4n) is 1.94. The second-order valence-electron chi connectivity index (χ2n) is 5.22. The zero-order valence-electron chi connectivity index (χ0n) is 13.0. The lowest BCUT2D eigenvalue weighted by Gasteiger charge is -2.12. The van der Waals surface area contributed by atoms with E-state index in [-0.39, 0.29) is 0 Å². The number of nitrogens with one attached hydrogen (secondary N) is 2. The average molecular weight is 286 g/mol. The van der Waals surface area contributed by atoms with Gasteiger partial charge in [0, 0.05) is 24.3 Å². The van der Waals surface area contributed by atoms with Gasteiger partial charge in [0.05, 0.1) is 7.11 Å². The Kier molecular flexibility index (Phi) is 4.98. The van der Waals surface area contributed by atoms with E-state index < -0.39 is 0 Å². The van der Waals surface area contributed by atoms with Crippen molar-refractivity contribution in [1.29, 1.82) is 0 Å². The highest BCUT2D eigenvalue weighted by Gasteiger charge is 2.03. The topological polar surface area (TPSA) is 59.1 Å². The first-order valence-electron chi connectivity index (χ1n) is 7.06. The first-order chi connectivity index (χ1) is 10.1. The summed E-state index contributed by atoms with van der Waals surface area (Å²) in [5, 5.41) is 6.54.